The number of hydrogen-bond acceptors (Lipinski definition) is 3. The van der Waals surface area contributed by atoms with Crippen molar-refractivity contribution in [2.45, 2.75) is 13.5 Å². The number of hydrogen-bond donors (Lipinski definition) is 1. The highest BCUT2D eigenvalue weighted by atomic mass is 19.1. The first-order valence-electron chi connectivity index (χ1n) is 10.8. The Kier molecular flexibility index (Phi) is 7.18. The van der Waals surface area contributed by atoms with Crippen molar-refractivity contribution in [2.24, 2.45) is 0 Å². The molecular weight excluding hydrogens is 436 g/mol. The van der Waals surface area contributed by atoms with Crippen molar-refractivity contribution in [1.29, 1.82) is 0 Å². The van der Waals surface area contributed by atoms with Gasteiger partial charge in [0.05, 0.1) is 6.61 Å². The molecule has 0 unspecified atom stereocenters. The first kappa shape index (κ1) is 23.0. The third-order valence-electron chi connectivity index (χ3n) is 5.18. The molecule has 0 saturated carbocycles. The molecule has 0 saturated heterocycles. The number of anilines is 1. The Labute approximate surface area is 196 Å². The molecule has 6 heteroatoms. The highest BCUT2D eigenvalue weighted by Gasteiger charge is 2.16. The van der Waals surface area contributed by atoms with Crippen LogP contribution in [0.25, 0.3) is 11.1 Å². The van der Waals surface area contributed by atoms with Crippen molar-refractivity contribution in [2.75, 3.05) is 11.9 Å². The summed E-state index contributed by atoms with van der Waals surface area (Å²) >= 11 is 0. The molecule has 0 radical (unpaired) electrons. The number of carbonyl (C=O) groups excluding carboxylic acids is 1. The second-order valence-corrected chi connectivity index (χ2v) is 7.49. The molecule has 0 atom stereocenters. The van der Waals surface area contributed by atoms with E-state index in [-0.39, 0.29) is 12.2 Å². The monoisotopic (exact) mass is 459 g/mol. The smallest absolute Gasteiger partial charge is 0.255 e. The third kappa shape index (κ3) is 5.41. The van der Waals surface area contributed by atoms with Crippen LogP contribution in [0, 0.1) is 11.6 Å². The van der Waals surface area contributed by atoms with E-state index in [1.807, 2.05) is 61.5 Å². The molecule has 4 aromatic carbocycles. The van der Waals surface area contributed by atoms with Gasteiger partial charge < -0.3 is 14.8 Å². The lowest BCUT2D eigenvalue weighted by Crippen LogP contribution is -2.15. The van der Waals surface area contributed by atoms with Crippen LogP contribution in [0.15, 0.2) is 91.0 Å². The number of carbonyl (C=O) groups is 1. The van der Waals surface area contributed by atoms with Crippen LogP contribution in [0.3, 0.4) is 0 Å². The Bertz CT molecular complexity index is 1250. The van der Waals surface area contributed by atoms with Crippen molar-refractivity contribution < 1.29 is 23.0 Å². The highest BCUT2D eigenvalue weighted by Crippen LogP contribution is 2.26. The van der Waals surface area contributed by atoms with Crippen molar-refractivity contribution in [3.8, 4) is 22.6 Å². The second-order valence-electron chi connectivity index (χ2n) is 7.49. The van der Waals surface area contributed by atoms with Crippen molar-refractivity contribution in [1.82, 2.24) is 0 Å². The quantitative estimate of drug-likeness (QED) is 0.313. The lowest BCUT2D eigenvalue weighted by Gasteiger charge is -2.14. The van der Waals surface area contributed by atoms with E-state index in [9.17, 15) is 13.6 Å². The molecule has 1 amide bonds. The Morgan fingerprint density at radius 3 is 2.15 bits per heavy atom. The molecule has 4 rings (SSSR count). The van der Waals surface area contributed by atoms with Crippen LogP contribution >= 0.6 is 0 Å². The fourth-order valence-corrected chi connectivity index (χ4v) is 3.47. The molecule has 34 heavy (non-hydrogen) atoms. The standard InChI is InChI=1S/C28H23F2NO3/c1-2-33-26-16-13-21(28(32)31-27-24(29)9-6-10-25(27)30)17-22(26)18-34-23-14-11-20(12-15-23)19-7-4-3-5-8-19/h3-17H,2,18H2,1H3,(H,31,32). The maximum atomic E-state index is 13.9. The van der Waals surface area contributed by atoms with Crippen LogP contribution in [0.5, 0.6) is 11.5 Å². The van der Waals surface area contributed by atoms with Gasteiger partial charge in [0.15, 0.2) is 0 Å². The Balaban J connectivity index is 1.50. The largest absolute Gasteiger partial charge is 0.493 e. The van der Waals surface area contributed by atoms with Crippen LogP contribution in [0.1, 0.15) is 22.8 Å². The van der Waals surface area contributed by atoms with Gasteiger partial charge in [-0.15, -0.1) is 0 Å². The minimum atomic E-state index is -0.846. The molecule has 0 aliphatic carbocycles. The topological polar surface area (TPSA) is 47.6 Å². The van der Waals surface area contributed by atoms with E-state index in [2.05, 4.69) is 5.32 Å². The zero-order chi connectivity index (χ0) is 23.9. The van der Waals surface area contributed by atoms with Crippen LogP contribution in [-0.2, 0) is 6.61 Å². The minimum Gasteiger partial charge on any atom is -0.493 e. The van der Waals surface area contributed by atoms with Gasteiger partial charge in [0.1, 0.15) is 35.4 Å². The fraction of sp³-hybridized carbons (Fsp3) is 0.107. The van der Waals surface area contributed by atoms with E-state index in [4.69, 9.17) is 9.47 Å². The normalized spacial score (nSPS) is 10.6. The number of rotatable bonds is 8. The van der Waals surface area contributed by atoms with Gasteiger partial charge in [-0.2, -0.15) is 0 Å². The second kappa shape index (κ2) is 10.6. The number of amides is 1. The lowest BCUT2D eigenvalue weighted by molar-refractivity contribution is 0.102. The molecule has 172 valence electrons. The Morgan fingerprint density at radius 2 is 1.47 bits per heavy atom. The van der Waals surface area contributed by atoms with E-state index in [1.54, 1.807) is 12.1 Å². The summed E-state index contributed by atoms with van der Waals surface area (Å²) < 4.78 is 39.4. The highest BCUT2D eigenvalue weighted by molar-refractivity contribution is 6.04. The summed E-state index contributed by atoms with van der Waals surface area (Å²) in [6.45, 7) is 2.44. The molecule has 0 aliphatic heterocycles. The fourth-order valence-electron chi connectivity index (χ4n) is 3.47. The van der Waals surface area contributed by atoms with E-state index in [1.165, 1.54) is 12.1 Å². The summed E-state index contributed by atoms with van der Waals surface area (Å²) in [5.74, 6) is -1.11. The van der Waals surface area contributed by atoms with E-state index in [0.717, 1.165) is 23.3 Å². The molecule has 0 aliphatic rings. The molecular formula is C28H23F2NO3. The van der Waals surface area contributed by atoms with Gasteiger partial charge in [0.2, 0.25) is 0 Å². The summed E-state index contributed by atoms with van der Waals surface area (Å²) in [5, 5.41) is 2.30. The van der Waals surface area contributed by atoms with Crippen LogP contribution in [-0.4, -0.2) is 12.5 Å². The lowest BCUT2D eigenvalue weighted by atomic mass is 10.1. The van der Waals surface area contributed by atoms with E-state index >= 15 is 0 Å². The number of ether oxygens (including phenoxy) is 2. The average Bonchev–Trinajstić information content (AvgIpc) is 2.86. The molecule has 1 N–H and O–H groups in total. The maximum absolute atomic E-state index is 13.9. The molecule has 0 spiro atoms. The van der Waals surface area contributed by atoms with Crippen molar-refractivity contribution in [3.05, 3.63) is 114 Å². The zero-order valence-electron chi connectivity index (χ0n) is 18.6. The molecule has 0 heterocycles. The van der Waals surface area contributed by atoms with Crippen molar-refractivity contribution in [3.63, 3.8) is 0 Å². The van der Waals surface area contributed by atoms with Gasteiger partial charge >= 0.3 is 0 Å². The minimum absolute atomic E-state index is 0.148. The van der Waals surface area contributed by atoms with Gasteiger partial charge in [-0.1, -0.05) is 48.5 Å². The Morgan fingerprint density at radius 1 is 0.794 bits per heavy atom. The first-order chi connectivity index (χ1) is 16.5. The maximum Gasteiger partial charge on any atom is 0.255 e. The summed E-state index contributed by atoms with van der Waals surface area (Å²) in [4.78, 5) is 12.7. The number of halogens is 2. The van der Waals surface area contributed by atoms with E-state index < -0.39 is 23.2 Å². The SMILES string of the molecule is CCOc1ccc(C(=O)Nc2c(F)cccc2F)cc1COc1ccc(-c2ccccc2)cc1. The summed E-state index contributed by atoms with van der Waals surface area (Å²) in [7, 11) is 0. The van der Waals surface area contributed by atoms with Crippen LogP contribution in [0.2, 0.25) is 0 Å². The van der Waals surface area contributed by atoms with Gasteiger partial charge in [-0.25, -0.2) is 8.78 Å². The molecule has 0 aromatic heterocycles. The molecule has 4 nitrogen and oxygen atoms in total. The first-order valence-corrected chi connectivity index (χ1v) is 10.8. The number of nitrogens with one attached hydrogen (secondary N) is 1. The third-order valence-corrected chi connectivity index (χ3v) is 5.18. The van der Waals surface area contributed by atoms with Gasteiger partial charge in [-0.3, -0.25) is 4.79 Å². The molecule has 0 fully saturated rings. The zero-order valence-corrected chi connectivity index (χ0v) is 18.6. The molecule has 0 bridgehead atoms. The number of para-hydroxylation sites is 1. The average molecular weight is 459 g/mol. The predicted molar refractivity (Wildman–Crippen MR) is 128 cm³/mol. The summed E-state index contributed by atoms with van der Waals surface area (Å²) in [6, 6.07) is 25.9. The van der Waals surface area contributed by atoms with Gasteiger partial charge in [0.25, 0.3) is 5.91 Å². The van der Waals surface area contributed by atoms with Crippen LogP contribution < -0.4 is 14.8 Å². The summed E-state index contributed by atoms with van der Waals surface area (Å²) in [6.07, 6.45) is 0. The van der Waals surface area contributed by atoms with Gasteiger partial charge in [0, 0.05) is 11.1 Å². The Hall–Kier alpha value is -4.19. The number of benzene rings is 4. The van der Waals surface area contributed by atoms with Gasteiger partial charge in [-0.05, 0) is 60.5 Å². The summed E-state index contributed by atoms with van der Waals surface area (Å²) in [5.41, 5.74) is 2.55. The van der Waals surface area contributed by atoms with Crippen LogP contribution in [0.4, 0.5) is 14.5 Å². The predicted octanol–water partition coefficient (Wildman–Crippen LogP) is 6.86. The van der Waals surface area contributed by atoms with Crippen molar-refractivity contribution >= 4 is 11.6 Å². The molecule has 4 aromatic rings. The van der Waals surface area contributed by atoms with E-state index in [0.29, 0.717) is 23.7 Å².